The van der Waals surface area contributed by atoms with Crippen LogP contribution in [0.3, 0.4) is 0 Å². The largest absolute Gasteiger partial charge is 0.310 e. The van der Waals surface area contributed by atoms with Crippen molar-refractivity contribution in [2.24, 2.45) is 0 Å². The normalized spacial score (nSPS) is 11.1. The Morgan fingerprint density at radius 2 is 1.96 bits per heavy atom. The molecule has 0 atom stereocenters. The quantitative estimate of drug-likeness (QED) is 0.622. The summed E-state index contributed by atoms with van der Waals surface area (Å²) in [5.74, 6) is -0.00506. The molecular formula is C17H11F2N5O. The van der Waals surface area contributed by atoms with Gasteiger partial charge in [0.05, 0.1) is 23.3 Å². The highest BCUT2D eigenvalue weighted by Crippen LogP contribution is 2.12. The van der Waals surface area contributed by atoms with E-state index in [-0.39, 0.29) is 5.39 Å². The van der Waals surface area contributed by atoms with Crippen molar-refractivity contribution < 1.29 is 8.78 Å². The van der Waals surface area contributed by atoms with Crippen molar-refractivity contribution in [1.29, 1.82) is 0 Å². The fraction of sp³-hybridized carbons (Fsp3) is 0.0588. The highest BCUT2D eigenvalue weighted by Gasteiger charge is 2.07. The summed E-state index contributed by atoms with van der Waals surface area (Å²) in [5, 5.41) is 4.05. The van der Waals surface area contributed by atoms with Crippen LogP contribution < -0.4 is 5.56 Å². The second kappa shape index (κ2) is 5.90. The van der Waals surface area contributed by atoms with Crippen LogP contribution in [-0.4, -0.2) is 24.7 Å². The van der Waals surface area contributed by atoms with Gasteiger partial charge in [0.1, 0.15) is 11.6 Å². The summed E-state index contributed by atoms with van der Waals surface area (Å²) in [6.45, 7) is 0. The van der Waals surface area contributed by atoms with Crippen LogP contribution in [0.15, 0.2) is 53.7 Å². The number of nitrogens with one attached hydrogen (secondary N) is 1. The summed E-state index contributed by atoms with van der Waals surface area (Å²) in [5.41, 5.74) is 0.842. The lowest BCUT2D eigenvalue weighted by molar-refractivity contribution is 0.627. The van der Waals surface area contributed by atoms with Crippen molar-refractivity contribution in [3.05, 3.63) is 82.3 Å². The van der Waals surface area contributed by atoms with E-state index in [4.69, 9.17) is 0 Å². The van der Waals surface area contributed by atoms with Crippen LogP contribution in [-0.2, 0) is 6.42 Å². The molecule has 1 aromatic carbocycles. The molecule has 1 N–H and O–H groups in total. The highest BCUT2D eigenvalue weighted by atomic mass is 19.1. The number of hydrogen-bond donors (Lipinski definition) is 1. The molecule has 0 aliphatic heterocycles. The van der Waals surface area contributed by atoms with E-state index in [0.717, 1.165) is 17.8 Å². The minimum absolute atomic E-state index is 0.206. The van der Waals surface area contributed by atoms with Gasteiger partial charge in [-0.25, -0.2) is 23.4 Å². The molecule has 124 valence electrons. The monoisotopic (exact) mass is 339 g/mol. The van der Waals surface area contributed by atoms with Crippen molar-refractivity contribution in [3.8, 4) is 5.82 Å². The third kappa shape index (κ3) is 3.01. The van der Waals surface area contributed by atoms with Gasteiger partial charge in [-0.3, -0.25) is 4.79 Å². The first-order valence-electron chi connectivity index (χ1n) is 7.42. The molecule has 0 spiro atoms. The van der Waals surface area contributed by atoms with Gasteiger partial charge in [0.25, 0.3) is 5.56 Å². The van der Waals surface area contributed by atoms with Crippen molar-refractivity contribution in [3.63, 3.8) is 0 Å². The van der Waals surface area contributed by atoms with Crippen LogP contribution in [0.2, 0.25) is 0 Å². The SMILES string of the molecule is O=c1[nH]c(Cc2ccc(-n3cc(F)cn3)nc2)nc2ccc(F)cc12. The van der Waals surface area contributed by atoms with Crippen LogP contribution in [0.1, 0.15) is 11.4 Å². The number of rotatable bonds is 3. The average Bonchev–Trinajstić information content (AvgIpc) is 3.03. The minimum Gasteiger partial charge on any atom is -0.310 e. The number of benzene rings is 1. The first-order valence-corrected chi connectivity index (χ1v) is 7.42. The lowest BCUT2D eigenvalue weighted by atomic mass is 10.2. The van der Waals surface area contributed by atoms with E-state index in [1.165, 1.54) is 23.0 Å². The van der Waals surface area contributed by atoms with E-state index in [2.05, 4.69) is 20.1 Å². The molecule has 3 heterocycles. The maximum atomic E-state index is 13.2. The van der Waals surface area contributed by atoms with Crippen molar-refractivity contribution >= 4 is 10.9 Å². The van der Waals surface area contributed by atoms with Gasteiger partial charge in [0.2, 0.25) is 0 Å². The lowest BCUT2D eigenvalue weighted by Gasteiger charge is -2.05. The van der Waals surface area contributed by atoms with E-state index in [9.17, 15) is 13.6 Å². The van der Waals surface area contributed by atoms with E-state index >= 15 is 0 Å². The van der Waals surface area contributed by atoms with Crippen molar-refractivity contribution in [1.82, 2.24) is 24.7 Å². The molecule has 4 aromatic rings. The molecule has 4 rings (SSSR count). The number of nitrogens with zero attached hydrogens (tertiary/aromatic N) is 4. The number of hydrogen-bond acceptors (Lipinski definition) is 4. The average molecular weight is 339 g/mol. The van der Waals surface area contributed by atoms with Gasteiger partial charge < -0.3 is 4.98 Å². The molecule has 0 unspecified atom stereocenters. The minimum atomic E-state index is -0.484. The summed E-state index contributed by atoms with van der Waals surface area (Å²) < 4.78 is 27.5. The third-order valence-electron chi connectivity index (χ3n) is 3.68. The number of H-pyrrole nitrogens is 1. The van der Waals surface area contributed by atoms with Crippen molar-refractivity contribution in [2.75, 3.05) is 0 Å². The van der Waals surface area contributed by atoms with Crippen LogP contribution >= 0.6 is 0 Å². The number of aromatic amines is 1. The molecule has 0 saturated carbocycles. The standard InChI is InChI=1S/C17H11F2N5O/c18-11-2-3-14-13(6-11)17(25)23-15(22-14)5-10-1-4-16(20-7-10)24-9-12(19)8-21-24/h1-4,6-9H,5H2,(H,22,23,25). The van der Waals surface area contributed by atoms with Gasteiger partial charge in [0.15, 0.2) is 11.6 Å². The lowest BCUT2D eigenvalue weighted by Crippen LogP contribution is -2.12. The summed E-state index contributed by atoms with van der Waals surface area (Å²) in [7, 11) is 0. The van der Waals surface area contributed by atoms with Gasteiger partial charge in [-0.2, -0.15) is 5.10 Å². The Morgan fingerprint density at radius 3 is 2.68 bits per heavy atom. The molecule has 8 heteroatoms. The fourth-order valence-corrected chi connectivity index (χ4v) is 2.52. The summed E-state index contributed by atoms with van der Waals surface area (Å²) in [4.78, 5) is 23.3. The van der Waals surface area contributed by atoms with E-state index in [0.29, 0.717) is 23.6 Å². The molecule has 6 nitrogen and oxygen atoms in total. The molecule has 0 fully saturated rings. The molecule has 0 saturated heterocycles. The van der Waals surface area contributed by atoms with Crippen LogP contribution in [0.25, 0.3) is 16.7 Å². The number of pyridine rings is 1. The highest BCUT2D eigenvalue weighted by molar-refractivity contribution is 5.77. The summed E-state index contributed by atoms with van der Waals surface area (Å²) in [6, 6.07) is 7.37. The smallest absolute Gasteiger partial charge is 0.258 e. The molecule has 0 amide bonds. The summed E-state index contributed by atoms with van der Waals surface area (Å²) >= 11 is 0. The van der Waals surface area contributed by atoms with Gasteiger partial charge in [-0.05, 0) is 29.8 Å². The molecule has 0 bridgehead atoms. The van der Waals surface area contributed by atoms with Gasteiger partial charge >= 0.3 is 0 Å². The van der Waals surface area contributed by atoms with E-state index in [1.54, 1.807) is 18.3 Å². The zero-order chi connectivity index (χ0) is 17.4. The Kier molecular flexibility index (Phi) is 3.57. The zero-order valence-electron chi connectivity index (χ0n) is 12.8. The third-order valence-corrected chi connectivity index (χ3v) is 3.68. The Labute approximate surface area is 139 Å². The molecule has 3 aromatic heterocycles. The van der Waals surface area contributed by atoms with Gasteiger partial charge in [0, 0.05) is 12.6 Å². The molecule has 25 heavy (non-hydrogen) atoms. The number of halogens is 2. The predicted molar refractivity (Wildman–Crippen MR) is 86.4 cm³/mol. The van der Waals surface area contributed by atoms with Crippen molar-refractivity contribution in [2.45, 2.75) is 6.42 Å². The fourth-order valence-electron chi connectivity index (χ4n) is 2.52. The van der Waals surface area contributed by atoms with Crippen LogP contribution in [0, 0.1) is 11.6 Å². The van der Waals surface area contributed by atoms with Crippen LogP contribution in [0.5, 0.6) is 0 Å². The molecule has 0 radical (unpaired) electrons. The Balaban J connectivity index is 1.63. The summed E-state index contributed by atoms with van der Waals surface area (Å²) in [6.07, 6.45) is 4.28. The second-order valence-corrected chi connectivity index (χ2v) is 5.48. The number of fused-ring (bicyclic) bond motifs is 1. The second-order valence-electron chi connectivity index (χ2n) is 5.48. The number of aromatic nitrogens is 5. The first-order chi connectivity index (χ1) is 12.1. The van der Waals surface area contributed by atoms with Gasteiger partial charge in [-0.15, -0.1) is 0 Å². The molecular weight excluding hydrogens is 328 g/mol. The molecule has 0 aliphatic carbocycles. The Bertz CT molecular complexity index is 1120. The van der Waals surface area contributed by atoms with E-state index in [1.807, 2.05) is 0 Å². The predicted octanol–water partition coefficient (Wildman–Crippen LogP) is 2.37. The first kappa shape index (κ1) is 15.1. The van der Waals surface area contributed by atoms with Gasteiger partial charge in [-0.1, -0.05) is 6.07 Å². The Hall–Kier alpha value is -3.42. The van der Waals surface area contributed by atoms with Crippen LogP contribution in [0.4, 0.5) is 8.78 Å². The topological polar surface area (TPSA) is 76.5 Å². The Morgan fingerprint density at radius 1 is 1.08 bits per heavy atom. The zero-order valence-corrected chi connectivity index (χ0v) is 12.8. The maximum Gasteiger partial charge on any atom is 0.258 e. The molecule has 0 aliphatic rings. The van der Waals surface area contributed by atoms with E-state index < -0.39 is 17.2 Å². The maximum absolute atomic E-state index is 13.2.